The normalized spacial score (nSPS) is 16.3. The first-order valence-corrected chi connectivity index (χ1v) is 9.10. The third-order valence-corrected chi connectivity index (χ3v) is 4.79. The smallest absolute Gasteiger partial charge is 0.253 e. The SMILES string of the molecule is Cl.Nc1ccc(CCNC(=O)C2CCCN(C(=O)c3ccccc3)C2)cc1. The van der Waals surface area contributed by atoms with Gasteiger partial charge in [0.25, 0.3) is 5.91 Å². The summed E-state index contributed by atoms with van der Waals surface area (Å²) in [5.74, 6) is -0.0983. The maximum atomic E-state index is 12.6. The minimum absolute atomic E-state index is 0. The number of nitrogens with two attached hydrogens (primary N) is 1. The number of carbonyl (C=O) groups excluding carboxylic acids is 2. The summed E-state index contributed by atoms with van der Waals surface area (Å²) in [5.41, 5.74) is 8.24. The number of carbonyl (C=O) groups is 2. The van der Waals surface area contributed by atoms with Gasteiger partial charge in [-0.25, -0.2) is 0 Å². The van der Waals surface area contributed by atoms with E-state index in [0.717, 1.165) is 30.5 Å². The summed E-state index contributed by atoms with van der Waals surface area (Å²) >= 11 is 0. The molecule has 2 aromatic rings. The van der Waals surface area contributed by atoms with Gasteiger partial charge in [-0.15, -0.1) is 12.4 Å². The van der Waals surface area contributed by atoms with Crippen LogP contribution in [0, 0.1) is 5.92 Å². The van der Waals surface area contributed by atoms with Crippen molar-refractivity contribution in [3.8, 4) is 0 Å². The number of anilines is 1. The first-order valence-electron chi connectivity index (χ1n) is 9.10. The van der Waals surface area contributed by atoms with Crippen molar-refractivity contribution < 1.29 is 9.59 Å². The maximum Gasteiger partial charge on any atom is 0.253 e. The van der Waals surface area contributed by atoms with E-state index in [1.807, 2.05) is 54.6 Å². The van der Waals surface area contributed by atoms with Gasteiger partial charge in [0.2, 0.25) is 5.91 Å². The number of rotatable bonds is 5. The zero-order valence-corrected chi connectivity index (χ0v) is 16.1. The van der Waals surface area contributed by atoms with Crippen LogP contribution in [0.3, 0.4) is 0 Å². The van der Waals surface area contributed by atoms with Gasteiger partial charge in [-0.05, 0) is 49.1 Å². The molecule has 0 aromatic heterocycles. The Bertz CT molecular complexity index is 750. The molecule has 1 unspecified atom stereocenters. The number of hydrogen-bond acceptors (Lipinski definition) is 3. The first kappa shape index (κ1) is 20.8. The fourth-order valence-corrected chi connectivity index (χ4v) is 3.30. The molecule has 2 aromatic carbocycles. The molecule has 0 bridgehead atoms. The standard InChI is InChI=1S/C21H25N3O2.ClH/c22-19-10-8-16(9-11-19)12-13-23-20(25)18-7-4-14-24(15-18)21(26)17-5-2-1-3-6-17;/h1-3,5-6,8-11,18H,4,7,12-15,22H2,(H,23,25);1H. The van der Waals surface area contributed by atoms with E-state index >= 15 is 0 Å². The van der Waals surface area contributed by atoms with Gasteiger partial charge in [0, 0.05) is 30.9 Å². The summed E-state index contributed by atoms with van der Waals surface area (Å²) in [4.78, 5) is 26.9. The largest absolute Gasteiger partial charge is 0.399 e. The van der Waals surface area contributed by atoms with Gasteiger partial charge in [0.15, 0.2) is 0 Å². The Morgan fingerprint density at radius 2 is 1.78 bits per heavy atom. The summed E-state index contributed by atoms with van der Waals surface area (Å²) in [6.45, 7) is 1.79. The third kappa shape index (κ3) is 5.73. The van der Waals surface area contributed by atoms with Crippen LogP contribution >= 0.6 is 12.4 Å². The van der Waals surface area contributed by atoms with E-state index in [4.69, 9.17) is 5.73 Å². The van der Waals surface area contributed by atoms with Gasteiger partial charge in [-0.1, -0.05) is 30.3 Å². The topological polar surface area (TPSA) is 75.4 Å². The number of piperidine rings is 1. The first-order chi connectivity index (χ1) is 12.6. The van der Waals surface area contributed by atoms with Gasteiger partial charge >= 0.3 is 0 Å². The van der Waals surface area contributed by atoms with Crippen LogP contribution in [0.2, 0.25) is 0 Å². The summed E-state index contributed by atoms with van der Waals surface area (Å²) in [5, 5.41) is 3.01. The number of nitrogens with zero attached hydrogens (tertiary/aromatic N) is 1. The van der Waals surface area contributed by atoms with Gasteiger partial charge in [-0.3, -0.25) is 9.59 Å². The van der Waals surface area contributed by atoms with Crippen LogP contribution in [0.1, 0.15) is 28.8 Å². The molecule has 0 spiro atoms. The highest BCUT2D eigenvalue weighted by molar-refractivity contribution is 5.94. The monoisotopic (exact) mass is 387 g/mol. The Morgan fingerprint density at radius 1 is 1.07 bits per heavy atom. The Kier molecular flexibility index (Phi) is 7.67. The molecule has 2 amide bonds. The van der Waals surface area contributed by atoms with Crippen molar-refractivity contribution in [1.82, 2.24) is 10.2 Å². The number of nitrogens with one attached hydrogen (secondary N) is 1. The third-order valence-electron chi connectivity index (χ3n) is 4.79. The molecule has 3 rings (SSSR count). The van der Waals surface area contributed by atoms with E-state index < -0.39 is 0 Å². The van der Waals surface area contributed by atoms with Crippen molar-refractivity contribution in [3.63, 3.8) is 0 Å². The van der Waals surface area contributed by atoms with Crippen molar-refractivity contribution in [1.29, 1.82) is 0 Å². The molecule has 0 radical (unpaired) electrons. The van der Waals surface area contributed by atoms with Crippen LogP contribution in [-0.4, -0.2) is 36.3 Å². The fraction of sp³-hybridized carbons (Fsp3) is 0.333. The molecule has 0 aliphatic carbocycles. The Labute approximate surface area is 166 Å². The van der Waals surface area contributed by atoms with Gasteiger partial charge in [0.1, 0.15) is 0 Å². The lowest BCUT2D eigenvalue weighted by Crippen LogP contribution is -2.45. The van der Waals surface area contributed by atoms with E-state index in [-0.39, 0.29) is 30.1 Å². The number of hydrogen-bond donors (Lipinski definition) is 2. The Morgan fingerprint density at radius 3 is 2.48 bits per heavy atom. The van der Waals surface area contributed by atoms with Gasteiger partial charge < -0.3 is 16.0 Å². The Balaban J connectivity index is 0.00000261. The molecule has 1 fully saturated rings. The average Bonchev–Trinajstić information content (AvgIpc) is 2.69. The van der Waals surface area contributed by atoms with Gasteiger partial charge in [-0.2, -0.15) is 0 Å². The van der Waals surface area contributed by atoms with Crippen LogP contribution < -0.4 is 11.1 Å². The number of halogens is 1. The highest BCUT2D eigenvalue weighted by Gasteiger charge is 2.28. The lowest BCUT2D eigenvalue weighted by atomic mass is 9.96. The Hall–Kier alpha value is -2.53. The predicted octanol–water partition coefficient (Wildman–Crippen LogP) is 2.90. The molecule has 144 valence electrons. The van der Waals surface area contributed by atoms with Crippen molar-refractivity contribution in [3.05, 3.63) is 65.7 Å². The molecular formula is C21H26ClN3O2. The molecule has 27 heavy (non-hydrogen) atoms. The average molecular weight is 388 g/mol. The molecule has 1 aliphatic rings. The minimum Gasteiger partial charge on any atom is -0.399 e. The molecule has 5 nitrogen and oxygen atoms in total. The van der Waals surface area contributed by atoms with Crippen LogP contribution in [-0.2, 0) is 11.2 Å². The molecule has 6 heteroatoms. The van der Waals surface area contributed by atoms with Crippen LogP contribution in [0.5, 0.6) is 0 Å². The summed E-state index contributed by atoms with van der Waals surface area (Å²) in [7, 11) is 0. The lowest BCUT2D eigenvalue weighted by molar-refractivity contribution is -0.126. The van der Waals surface area contributed by atoms with Crippen LogP contribution in [0.25, 0.3) is 0 Å². The summed E-state index contributed by atoms with van der Waals surface area (Å²) < 4.78 is 0. The van der Waals surface area contributed by atoms with E-state index in [1.165, 1.54) is 0 Å². The van der Waals surface area contributed by atoms with Crippen molar-refractivity contribution in [2.75, 3.05) is 25.4 Å². The molecule has 1 aliphatic heterocycles. The van der Waals surface area contributed by atoms with Crippen LogP contribution in [0.4, 0.5) is 5.69 Å². The number of benzene rings is 2. The molecule has 1 saturated heterocycles. The minimum atomic E-state index is -0.136. The molecule has 1 heterocycles. The highest BCUT2D eigenvalue weighted by atomic mass is 35.5. The van der Waals surface area contributed by atoms with E-state index in [0.29, 0.717) is 25.2 Å². The summed E-state index contributed by atoms with van der Waals surface area (Å²) in [6, 6.07) is 16.9. The number of amides is 2. The van der Waals surface area contributed by atoms with Crippen LogP contribution in [0.15, 0.2) is 54.6 Å². The zero-order chi connectivity index (χ0) is 18.4. The molecule has 3 N–H and O–H groups in total. The second kappa shape index (κ2) is 9.97. The second-order valence-corrected chi connectivity index (χ2v) is 6.74. The summed E-state index contributed by atoms with van der Waals surface area (Å²) in [6.07, 6.45) is 2.45. The predicted molar refractivity (Wildman–Crippen MR) is 110 cm³/mol. The second-order valence-electron chi connectivity index (χ2n) is 6.74. The van der Waals surface area contributed by atoms with Gasteiger partial charge in [0.05, 0.1) is 5.92 Å². The lowest BCUT2D eigenvalue weighted by Gasteiger charge is -2.32. The van der Waals surface area contributed by atoms with E-state index in [2.05, 4.69) is 5.32 Å². The molecular weight excluding hydrogens is 362 g/mol. The molecule has 0 saturated carbocycles. The van der Waals surface area contributed by atoms with Crippen molar-refractivity contribution in [2.24, 2.45) is 5.92 Å². The quantitative estimate of drug-likeness (QED) is 0.774. The molecule has 1 atom stereocenters. The highest BCUT2D eigenvalue weighted by Crippen LogP contribution is 2.19. The van der Waals surface area contributed by atoms with Crippen molar-refractivity contribution >= 4 is 29.9 Å². The fourth-order valence-electron chi connectivity index (χ4n) is 3.30. The zero-order valence-electron chi connectivity index (χ0n) is 15.3. The maximum absolute atomic E-state index is 12.6. The van der Waals surface area contributed by atoms with Crippen molar-refractivity contribution in [2.45, 2.75) is 19.3 Å². The number of nitrogen functional groups attached to an aromatic ring is 1. The van der Waals surface area contributed by atoms with E-state index in [1.54, 1.807) is 4.90 Å². The van der Waals surface area contributed by atoms with E-state index in [9.17, 15) is 9.59 Å². The number of likely N-dealkylation sites (tertiary alicyclic amines) is 1.